The topological polar surface area (TPSA) is 67.8 Å². The second-order valence-corrected chi connectivity index (χ2v) is 7.59. The third-order valence-corrected chi connectivity index (χ3v) is 5.38. The molecular formula is C19H28ClIN4O2S. The molecule has 0 aliphatic rings. The number of halogens is 2. The molecule has 9 heteroatoms. The molecule has 0 amide bonds. The number of ether oxygens (including phenoxy) is 2. The van der Waals surface area contributed by atoms with E-state index in [1.54, 1.807) is 25.5 Å². The Hall–Kier alpha value is -1.26. The number of hydrogen-bond donors (Lipinski definition) is 2. The molecule has 0 saturated heterocycles. The van der Waals surface area contributed by atoms with Gasteiger partial charge in [-0.1, -0.05) is 11.6 Å². The van der Waals surface area contributed by atoms with Crippen LogP contribution in [0.5, 0.6) is 11.5 Å². The number of nitrogens with one attached hydrogen (secondary N) is 2. The Balaban J connectivity index is 0.00000392. The number of aromatic nitrogens is 1. The molecule has 2 N–H and O–H groups in total. The minimum atomic E-state index is 0. The number of aliphatic imine (C=N–C) groups is 1. The molecule has 0 radical (unpaired) electrons. The average molecular weight is 539 g/mol. The maximum atomic E-state index is 6.32. The summed E-state index contributed by atoms with van der Waals surface area (Å²) in [5, 5.41) is 8.26. The van der Waals surface area contributed by atoms with Gasteiger partial charge in [-0.05, 0) is 38.5 Å². The lowest BCUT2D eigenvalue weighted by molar-refractivity contribution is 0.311. The maximum absolute atomic E-state index is 6.32. The van der Waals surface area contributed by atoms with Crippen molar-refractivity contribution in [2.75, 3.05) is 27.3 Å². The molecule has 0 aliphatic carbocycles. The lowest BCUT2D eigenvalue weighted by Gasteiger charge is -2.15. The maximum Gasteiger partial charge on any atom is 0.191 e. The van der Waals surface area contributed by atoms with E-state index in [0.717, 1.165) is 35.2 Å². The van der Waals surface area contributed by atoms with Crippen LogP contribution in [0, 0.1) is 13.8 Å². The van der Waals surface area contributed by atoms with Gasteiger partial charge in [0.25, 0.3) is 0 Å². The van der Waals surface area contributed by atoms with Gasteiger partial charge in [0.05, 0.1) is 29.4 Å². The van der Waals surface area contributed by atoms with Crippen LogP contribution in [0.4, 0.5) is 0 Å². The van der Waals surface area contributed by atoms with Crippen LogP contribution in [0.15, 0.2) is 17.1 Å². The molecule has 156 valence electrons. The second-order valence-electron chi connectivity index (χ2n) is 5.89. The predicted octanol–water partition coefficient (Wildman–Crippen LogP) is 4.35. The number of nitrogens with zero attached hydrogens (tertiary/aromatic N) is 2. The molecule has 0 spiro atoms. The fraction of sp³-hybridized carbons (Fsp3) is 0.474. The highest BCUT2D eigenvalue weighted by molar-refractivity contribution is 14.0. The van der Waals surface area contributed by atoms with Gasteiger partial charge in [0.1, 0.15) is 0 Å². The van der Waals surface area contributed by atoms with Crippen LogP contribution in [0.25, 0.3) is 0 Å². The Morgan fingerprint density at radius 2 is 2.04 bits per heavy atom. The highest BCUT2D eigenvalue weighted by Gasteiger charge is 2.12. The van der Waals surface area contributed by atoms with Crippen molar-refractivity contribution >= 4 is 52.9 Å². The molecular weight excluding hydrogens is 511 g/mol. The fourth-order valence-electron chi connectivity index (χ4n) is 2.50. The largest absolute Gasteiger partial charge is 0.493 e. The second kappa shape index (κ2) is 12.3. The molecule has 0 atom stereocenters. The quantitative estimate of drug-likeness (QED) is 0.297. The average Bonchev–Trinajstić information content (AvgIpc) is 2.97. The zero-order valence-electron chi connectivity index (χ0n) is 16.9. The highest BCUT2D eigenvalue weighted by atomic mass is 127. The minimum Gasteiger partial charge on any atom is -0.493 e. The molecule has 0 fully saturated rings. The van der Waals surface area contributed by atoms with E-state index >= 15 is 0 Å². The van der Waals surface area contributed by atoms with Gasteiger partial charge in [0, 0.05) is 31.4 Å². The Bertz CT molecular complexity index is 779. The summed E-state index contributed by atoms with van der Waals surface area (Å²) in [5.74, 6) is 1.92. The third kappa shape index (κ3) is 6.97. The number of guanidine groups is 1. The number of thiazole rings is 1. The summed E-state index contributed by atoms with van der Waals surface area (Å²) in [6.45, 7) is 7.91. The van der Waals surface area contributed by atoms with Crippen LogP contribution in [0.1, 0.15) is 28.1 Å². The van der Waals surface area contributed by atoms with Crippen molar-refractivity contribution < 1.29 is 9.47 Å². The van der Waals surface area contributed by atoms with Gasteiger partial charge in [-0.2, -0.15) is 0 Å². The van der Waals surface area contributed by atoms with Crippen LogP contribution in [-0.4, -0.2) is 38.3 Å². The summed E-state index contributed by atoms with van der Waals surface area (Å²) in [6.07, 6.45) is 0.864. The summed E-state index contributed by atoms with van der Waals surface area (Å²) in [4.78, 5) is 10.1. The number of rotatable bonds is 8. The Morgan fingerprint density at radius 1 is 1.29 bits per heavy atom. The van der Waals surface area contributed by atoms with Crippen LogP contribution in [0.2, 0.25) is 5.02 Å². The van der Waals surface area contributed by atoms with Gasteiger partial charge in [0.15, 0.2) is 17.5 Å². The van der Waals surface area contributed by atoms with Gasteiger partial charge in [-0.15, -0.1) is 35.3 Å². The van der Waals surface area contributed by atoms with E-state index in [4.69, 9.17) is 21.1 Å². The first-order valence-corrected chi connectivity index (χ1v) is 10.0. The SMILES string of the molecule is CCOc1c(Cl)cc(CNC(=NC)NCCc2nc(C)c(C)s2)cc1OC.I. The molecule has 28 heavy (non-hydrogen) atoms. The molecule has 1 aromatic carbocycles. The van der Waals surface area contributed by atoms with Crippen molar-refractivity contribution in [3.8, 4) is 11.5 Å². The van der Waals surface area contributed by atoms with Crippen molar-refractivity contribution in [2.24, 2.45) is 4.99 Å². The highest BCUT2D eigenvalue weighted by Crippen LogP contribution is 2.36. The van der Waals surface area contributed by atoms with E-state index in [-0.39, 0.29) is 24.0 Å². The van der Waals surface area contributed by atoms with E-state index < -0.39 is 0 Å². The van der Waals surface area contributed by atoms with Gasteiger partial charge >= 0.3 is 0 Å². The molecule has 1 aromatic heterocycles. The molecule has 0 unspecified atom stereocenters. The van der Waals surface area contributed by atoms with Crippen LogP contribution in [0.3, 0.4) is 0 Å². The minimum absolute atomic E-state index is 0. The van der Waals surface area contributed by atoms with E-state index in [1.165, 1.54) is 4.88 Å². The Morgan fingerprint density at radius 3 is 2.61 bits per heavy atom. The van der Waals surface area contributed by atoms with Crippen molar-refractivity contribution in [2.45, 2.75) is 33.7 Å². The normalized spacial score (nSPS) is 11.0. The molecule has 2 aromatic rings. The number of hydrogen-bond acceptors (Lipinski definition) is 5. The van der Waals surface area contributed by atoms with Crippen molar-refractivity contribution in [3.63, 3.8) is 0 Å². The van der Waals surface area contributed by atoms with Crippen molar-refractivity contribution in [3.05, 3.63) is 38.3 Å². The standard InChI is InChI=1S/C19H27ClN4O2S.HI/c1-6-26-18-15(20)9-14(10-16(18)25-5)11-23-19(21-4)22-8-7-17-24-12(2)13(3)27-17;/h9-10H,6-8,11H2,1-5H3,(H2,21,22,23);1H. The van der Waals surface area contributed by atoms with Gasteiger partial charge in [0.2, 0.25) is 0 Å². The van der Waals surface area contributed by atoms with Crippen LogP contribution < -0.4 is 20.1 Å². The van der Waals surface area contributed by atoms with Crippen LogP contribution >= 0.6 is 46.9 Å². The molecule has 6 nitrogen and oxygen atoms in total. The number of aryl methyl sites for hydroxylation is 2. The van der Waals surface area contributed by atoms with Crippen molar-refractivity contribution in [1.29, 1.82) is 0 Å². The molecule has 0 aliphatic heterocycles. The lowest BCUT2D eigenvalue weighted by atomic mass is 10.2. The van der Waals surface area contributed by atoms with E-state index in [0.29, 0.717) is 29.7 Å². The zero-order chi connectivity index (χ0) is 19.8. The number of benzene rings is 1. The molecule has 2 rings (SSSR count). The molecule has 0 bridgehead atoms. The summed E-state index contributed by atoms with van der Waals surface area (Å²) < 4.78 is 10.9. The first-order chi connectivity index (χ1) is 13.0. The lowest BCUT2D eigenvalue weighted by Crippen LogP contribution is -2.37. The van der Waals surface area contributed by atoms with Crippen LogP contribution in [-0.2, 0) is 13.0 Å². The molecule has 0 saturated carbocycles. The monoisotopic (exact) mass is 538 g/mol. The summed E-state index contributed by atoms with van der Waals surface area (Å²) >= 11 is 8.07. The van der Waals surface area contributed by atoms with Gasteiger partial charge < -0.3 is 20.1 Å². The van der Waals surface area contributed by atoms with E-state index in [2.05, 4.69) is 27.5 Å². The third-order valence-electron chi connectivity index (χ3n) is 3.97. The first kappa shape index (κ1) is 24.8. The Labute approximate surface area is 193 Å². The summed E-state index contributed by atoms with van der Waals surface area (Å²) in [5.41, 5.74) is 2.09. The first-order valence-electron chi connectivity index (χ1n) is 8.85. The smallest absolute Gasteiger partial charge is 0.191 e. The summed E-state index contributed by atoms with van der Waals surface area (Å²) in [6, 6.07) is 3.79. The van der Waals surface area contributed by atoms with E-state index in [1.807, 2.05) is 26.0 Å². The molecule has 1 heterocycles. The summed E-state index contributed by atoms with van der Waals surface area (Å²) in [7, 11) is 3.35. The Kier molecular flexibility index (Phi) is 10.9. The van der Waals surface area contributed by atoms with E-state index in [9.17, 15) is 0 Å². The fourth-order valence-corrected chi connectivity index (χ4v) is 3.72. The van der Waals surface area contributed by atoms with Gasteiger partial charge in [-0.3, -0.25) is 4.99 Å². The predicted molar refractivity (Wildman–Crippen MR) is 128 cm³/mol. The van der Waals surface area contributed by atoms with Gasteiger partial charge in [-0.25, -0.2) is 4.98 Å². The zero-order valence-corrected chi connectivity index (χ0v) is 20.8. The van der Waals surface area contributed by atoms with Crippen molar-refractivity contribution in [1.82, 2.24) is 15.6 Å². The number of methoxy groups -OCH3 is 1.